The van der Waals surface area contributed by atoms with E-state index in [0.29, 0.717) is 22.0 Å². The van der Waals surface area contributed by atoms with E-state index < -0.39 is 5.91 Å². The fourth-order valence-electron chi connectivity index (χ4n) is 4.67. The first-order valence-electron chi connectivity index (χ1n) is 11.3. The highest BCUT2D eigenvalue weighted by Gasteiger charge is 2.18. The summed E-state index contributed by atoms with van der Waals surface area (Å²) in [5.41, 5.74) is 12.2. The van der Waals surface area contributed by atoms with Gasteiger partial charge >= 0.3 is 0 Å². The van der Waals surface area contributed by atoms with Gasteiger partial charge in [-0.05, 0) is 53.9 Å². The molecule has 3 aromatic carbocycles. The third-order valence-electron chi connectivity index (χ3n) is 6.45. The Morgan fingerprint density at radius 2 is 1.75 bits per heavy atom. The van der Waals surface area contributed by atoms with Crippen LogP contribution >= 0.6 is 0 Å². The number of para-hydroxylation sites is 1. The number of primary amides is 1. The topological polar surface area (TPSA) is 120 Å². The Morgan fingerprint density at radius 3 is 2.56 bits per heavy atom. The van der Waals surface area contributed by atoms with Gasteiger partial charge in [0.1, 0.15) is 12.7 Å². The molecule has 0 unspecified atom stereocenters. The van der Waals surface area contributed by atoms with Crippen LogP contribution in [0.25, 0.3) is 49.9 Å². The summed E-state index contributed by atoms with van der Waals surface area (Å²) in [6.45, 7) is 1.97. The lowest BCUT2D eigenvalue weighted by molar-refractivity contribution is 0.100. The van der Waals surface area contributed by atoms with E-state index in [4.69, 9.17) is 5.73 Å². The first-order valence-corrected chi connectivity index (χ1v) is 11.3. The fourth-order valence-corrected chi connectivity index (χ4v) is 4.67. The maximum atomic E-state index is 13.3. The number of benzene rings is 3. The number of amides is 1. The second-order valence-corrected chi connectivity index (χ2v) is 8.51. The molecule has 6 rings (SSSR count). The van der Waals surface area contributed by atoms with Crippen molar-refractivity contribution in [1.82, 2.24) is 24.5 Å². The molecule has 6 aromatic rings. The van der Waals surface area contributed by atoms with E-state index in [2.05, 4.69) is 19.9 Å². The molecular weight excluding hydrogens is 452 g/mol. The van der Waals surface area contributed by atoms with Crippen LogP contribution in [0, 0.1) is 6.92 Å². The zero-order valence-corrected chi connectivity index (χ0v) is 19.3. The van der Waals surface area contributed by atoms with Crippen molar-refractivity contribution in [1.29, 1.82) is 0 Å². The lowest BCUT2D eigenvalue weighted by Crippen LogP contribution is -2.19. The SMILES string of the molecule is Cc1c(-c2ccc(C(N)=O)c3[nH]c(-c4cncnc4)cc23)cccc1-n1cnc2ccccc2c1=O. The molecular formula is C28H20N6O2. The van der Waals surface area contributed by atoms with Gasteiger partial charge in [-0.3, -0.25) is 14.2 Å². The van der Waals surface area contributed by atoms with Crippen LogP contribution in [0.2, 0.25) is 0 Å². The number of aromatic amines is 1. The molecule has 0 aliphatic rings. The van der Waals surface area contributed by atoms with Crippen molar-refractivity contribution in [2.45, 2.75) is 6.92 Å². The zero-order valence-electron chi connectivity index (χ0n) is 19.3. The summed E-state index contributed by atoms with van der Waals surface area (Å²) in [6.07, 6.45) is 6.43. The van der Waals surface area contributed by atoms with E-state index in [1.54, 1.807) is 35.4 Å². The minimum absolute atomic E-state index is 0.136. The van der Waals surface area contributed by atoms with Crippen molar-refractivity contribution in [3.63, 3.8) is 0 Å². The number of aromatic nitrogens is 5. The number of hydrogen-bond donors (Lipinski definition) is 2. The van der Waals surface area contributed by atoms with Crippen molar-refractivity contribution < 1.29 is 4.79 Å². The first kappa shape index (κ1) is 21.4. The monoisotopic (exact) mass is 472 g/mol. The summed E-state index contributed by atoms with van der Waals surface area (Å²) in [5.74, 6) is -0.525. The highest BCUT2D eigenvalue weighted by Crippen LogP contribution is 2.36. The molecule has 0 atom stereocenters. The van der Waals surface area contributed by atoms with Crippen LogP contribution in [0.15, 0.2) is 90.5 Å². The van der Waals surface area contributed by atoms with Crippen molar-refractivity contribution in [3.05, 3.63) is 107 Å². The summed E-state index contributed by atoms with van der Waals surface area (Å²) in [6, 6.07) is 18.7. The van der Waals surface area contributed by atoms with Crippen molar-refractivity contribution in [2.75, 3.05) is 0 Å². The van der Waals surface area contributed by atoms with Crippen LogP contribution in [0.4, 0.5) is 0 Å². The second kappa shape index (κ2) is 8.28. The Labute approximate surface area is 205 Å². The number of fused-ring (bicyclic) bond motifs is 2. The summed E-state index contributed by atoms with van der Waals surface area (Å²) < 4.78 is 1.57. The summed E-state index contributed by atoms with van der Waals surface area (Å²) in [7, 11) is 0. The van der Waals surface area contributed by atoms with E-state index in [0.717, 1.165) is 39.0 Å². The predicted octanol–water partition coefficient (Wildman–Crippen LogP) is 4.40. The predicted molar refractivity (Wildman–Crippen MR) is 139 cm³/mol. The largest absolute Gasteiger partial charge is 0.366 e. The maximum absolute atomic E-state index is 13.3. The van der Waals surface area contributed by atoms with Crippen LogP contribution in [0.5, 0.6) is 0 Å². The number of H-pyrrole nitrogens is 1. The molecule has 0 aliphatic carbocycles. The number of nitrogens with one attached hydrogen (secondary N) is 1. The molecule has 3 aromatic heterocycles. The van der Waals surface area contributed by atoms with Gasteiger partial charge in [0.2, 0.25) is 0 Å². The lowest BCUT2D eigenvalue weighted by Gasteiger charge is -2.15. The van der Waals surface area contributed by atoms with E-state index in [1.807, 2.05) is 55.5 Å². The number of nitrogens with two attached hydrogens (primary N) is 1. The normalized spacial score (nSPS) is 11.2. The number of rotatable bonds is 4. The molecule has 0 radical (unpaired) electrons. The highest BCUT2D eigenvalue weighted by atomic mass is 16.1. The van der Waals surface area contributed by atoms with E-state index >= 15 is 0 Å². The minimum atomic E-state index is -0.525. The van der Waals surface area contributed by atoms with Crippen LogP contribution in [-0.4, -0.2) is 30.4 Å². The lowest BCUT2D eigenvalue weighted by atomic mass is 9.94. The van der Waals surface area contributed by atoms with Gasteiger partial charge < -0.3 is 10.7 Å². The summed E-state index contributed by atoms with van der Waals surface area (Å²) in [4.78, 5) is 41.5. The third kappa shape index (κ3) is 3.35. The van der Waals surface area contributed by atoms with Crippen LogP contribution in [0.1, 0.15) is 15.9 Å². The highest BCUT2D eigenvalue weighted by molar-refractivity contribution is 6.10. The van der Waals surface area contributed by atoms with Gasteiger partial charge in [-0.1, -0.05) is 30.3 Å². The Kier molecular flexibility index (Phi) is 4.93. The van der Waals surface area contributed by atoms with Gasteiger partial charge in [-0.2, -0.15) is 0 Å². The fraction of sp³-hybridized carbons (Fsp3) is 0.0357. The molecule has 8 nitrogen and oxygen atoms in total. The van der Waals surface area contributed by atoms with Gasteiger partial charge in [-0.25, -0.2) is 15.0 Å². The van der Waals surface area contributed by atoms with E-state index in [1.165, 1.54) is 6.33 Å². The second-order valence-electron chi connectivity index (χ2n) is 8.51. The van der Waals surface area contributed by atoms with Crippen molar-refractivity contribution >= 4 is 27.7 Å². The maximum Gasteiger partial charge on any atom is 0.265 e. The number of nitrogens with zero attached hydrogens (tertiary/aromatic N) is 4. The molecule has 0 saturated heterocycles. The van der Waals surface area contributed by atoms with Crippen LogP contribution < -0.4 is 11.3 Å². The smallest absolute Gasteiger partial charge is 0.265 e. The molecule has 174 valence electrons. The molecule has 8 heteroatoms. The van der Waals surface area contributed by atoms with Gasteiger partial charge in [0.05, 0.1) is 27.7 Å². The zero-order chi connectivity index (χ0) is 24.8. The summed E-state index contributed by atoms with van der Waals surface area (Å²) >= 11 is 0. The molecule has 3 N–H and O–H groups in total. The van der Waals surface area contributed by atoms with Gasteiger partial charge in [0.15, 0.2) is 0 Å². The number of carbonyl (C=O) groups excluding carboxylic acids is 1. The van der Waals surface area contributed by atoms with Crippen LogP contribution in [0.3, 0.4) is 0 Å². The summed E-state index contributed by atoms with van der Waals surface area (Å²) in [5, 5.41) is 1.38. The van der Waals surface area contributed by atoms with Gasteiger partial charge in [-0.15, -0.1) is 0 Å². The molecule has 0 fully saturated rings. The Balaban J connectivity index is 1.58. The molecule has 3 heterocycles. The van der Waals surface area contributed by atoms with E-state index in [9.17, 15) is 9.59 Å². The first-order chi connectivity index (χ1) is 17.5. The average Bonchev–Trinajstić information content (AvgIpc) is 3.35. The molecule has 36 heavy (non-hydrogen) atoms. The standard InChI is InChI=1S/C28H20N6O2/c1-16-18(6-4-8-25(16)34-15-32-23-7-3-2-5-20(23)28(34)36)19-9-10-21(27(29)35)26-22(19)11-24(33-26)17-12-30-14-31-13-17/h2-15,33H,1H3,(H2,29,35). The van der Waals surface area contributed by atoms with Crippen LogP contribution in [-0.2, 0) is 0 Å². The average molecular weight is 473 g/mol. The molecule has 0 aliphatic heterocycles. The number of carbonyl (C=O) groups is 1. The molecule has 0 spiro atoms. The van der Waals surface area contributed by atoms with Crippen molar-refractivity contribution in [3.8, 4) is 28.1 Å². The number of hydrogen-bond acceptors (Lipinski definition) is 5. The van der Waals surface area contributed by atoms with Gasteiger partial charge in [0, 0.05) is 29.0 Å². The van der Waals surface area contributed by atoms with E-state index in [-0.39, 0.29) is 5.56 Å². The Hall–Kier alpha value is -5.11. The quantitative estimate of drug-likeness (QED) is 0.394. The molecule has 0 saturated carbocycles. The molecule has 0 bridgehead atoms. The minimum Gasteiger partial charge on any atom is -0.366 e. The Morgan fingerprint density at radius 1 is 0.944 bits per heavy atom. The van der Waals surface area contributed by atoms with Gasteiger partial charge in [0.25, 0.3) is 11.5 Å². The Bertz CT molecular complexity index is 1850. The van der Waals surface area contributed by atoms with Crippen molar-refractivity contribution in [2.24, 2.45) is 5.73 Å². The molecule has 1 amide bonds. The third-order valence-corrected chi connectivity index (χ3v) is 6.45.